The highest BCUT2D eigenvalue weighted by Crippen LogP contribution is 2.17. The number of anilines is 1. The Labute approximate surface area is 140 Å². The molecule has 0 spiro atoms. The molecule has 1 unspecified atom stereocenters. The van der Waals surface area contributed by atoms with Crippen LogP contribution in [0.25, 0.3) is 0 Å². The van der Waals surface area contributed by atoms with E-state index in [1.54, 1.807) is 6.92 Å². The van der Waals surface area contributed by atoms with E-state index >= 15 is 0 Å². The molecule has 0 saturated heterocycles. The van der Waals surface area contributed by atoms with E-state index in [1.165, 1.54) is 12.1 Å². The van der Waals surface area contributed by atoms with Crippen molar-refractivity contribution in [1.29, 1.82) is 0 Å². The molecule has 0 aliphatic rings. The summed E-state index contributed by atoms with van der Waals surface area (Å²) in [6.07, 6.45) is 0. The van der Waals surface area contributed by atoms with Crippen molar-refractivity contribution >= 4 is 11.7 Å². The number of benzene rings is 2. The largest absolute Gasteiger partial charge is 0.373 e. The average Bonchev–Trinajstić information content (AvgIpc) is 2.55. The molecule has 0 saturated carbocycles. The molecule has 0 aliphatic carbocycles. The van der Waals surface area contributed by atoms with Crippen molar-refractivity contribution in [3.63, 3.8) is 0 Å². The normalized spacial score (nSPS) is 11.7. The van der Waals surface area contributed by atoms with E-state index in [0.29, 0.717) is 13.1 Å². The number of nitrogens with one attached hydrogen (secondary N) is 2. The van der Waals surface area contributed by atoms with Crippen LogP contribution in [0.1, 0.15) is 18.5 Å². The second-order valence-corrected chi connectivity index (χ2v) is 5.54. The zero-order valence-corrected chi connectivity index (χ0v) is 13.7. The number of urea groups is 1. The molecular weight excluding hydrogens is 312 g/mol. The summed E-state index contributed by atoms with van der Waals surface area (Å²) in [5, 5.41) is 5.37. The number of carbonyl (C=O) groups is 1. The SMILES string of the molecule is CC(NC(=O)NCCN(C)c1ccccc1)c1ccc(F)cc1F. The number of nitrogens with zero attached hydrogens (tertiary/aromatic N) is 1. The van der Waals surface area contributed by atoms with Crippen LogP contribution >= 0.6 is 0 Å². The molecule has 6 heteroatoms. The van der Waals surface area contributed by atoms with E-state index in [2.05, 4.69) is 10.6 Å². The minimum atomic E-state index is -0.674. The standard InChI is InChI=1S/C18H21F2N3O/c1-13(16-9-8-14(19)12-17(16)20)22-18(24)21-10-11-23(2)15-6-4-3-5-7-15/h3-9,12-13H,10-11H2,1-2H3,(H2,21,22,24). The Kier molecular flexibility index (Phi) is 6.12. The molecule has 0 radical (unpaired) electrons. The number of amides is 2. The van der Waals surface area contributed by atoms with E-state index in [-0.39, 0.29) is 5.56 Å². The first-order valence-corrected chi connectivity index (χ1v) is 7.73. The summed E-state index contributed by atoms with van der Waals surface area (Å²) in [5.41, 5.74) is 1.30. The third kappa shape index (κ3) is 4.94. The van der Waals surface area contributed by atoms with Crippen molar-refractivity contribution in [2.45, 2.75) is 13.0 Å². The van der Waals surface area contributed by atoms with Gasteiger partial charge in [-0.05, 0) is 25.1 Å². The van der Waals surface area contributed by atoms with Crippen molar-refractivity contribution in [3.05, 3.63) is 65.7 Å². The molecule has 4 nitrogen and oxygen atoms in total. The zero-order chi connectivity index (χ0) is 17.5. The maximum atomic E-state index is 13.7. The summed E-state index contributed by atoms with van der Waals surface area (Å²) in [6.45, 7) is 2.72. The molecular formula is C18H21F2N3O. The Morgan fingerprint density at radius 1 is 1.17 bits per heavy atom. The van der Waals surface area contributed by atoms with Crippen LogP contribution in [-0.2, 0) is 0 Å². The fraction of sp³-hybridized carbons (Fsp3) is 0.278. The molecule has 0 heterocycles. The van der Waals surface area contributed by atoms with E-state index in [4.69, 9.17) is 0 Å². The van der Waals surface area contributed by atoms with Gasteiger partial charge in [0.25, 0.3) is 0 Å². The smallest absolute Gasteiger partial charge is 0.315 e. The number of halogens is 2. The lowest BCUT2D eigenvalue weighted by molar-refractivity contribution is 0.238. The molecule has 1 atom stereocenters. The summed E-state index contributed by atoms with van der Waals surface area (Å²) in [6, 6.07) is 12.2. The molecule has 2 aromatic carbocycles. The molecule has 0 aromatic heterocycles. The fourth-order valence-corrected chi connectivity index (χ4v) is 2.33. The summed E-state index contributed by atoms with van der Waals surface area (Å²) in [4.78, 5) is 13.9. The van der Waals surface area contributed by atoms with Crippen molar-refractivity contribution in [2.75, 3.05) is 25.0 Å². The van der Waals surface area contributed by atoms with Gasteiger partial charge in [-0.2, -0.15) is 0 Å². The lowest BCUT2D eigenvalue weighted by atomic mass is 10.1. The number of likely N-dealkylation sites (N-methyl/N-ethyl adjacent to an activating group) is 1. The van der Waals surface area contributed by atoms with Crippen LogP contribution in [0, 0.1) is 11.6 Å². The first-order chi connectivity index (χ1) is 11.5. The molecule has 128 valence electrons. The van der Waals surface area contributed by atoms with Gasteiger partial charge >= 0.3 is 6.03 Å². The lowest BCUT2D eigenvalue weighted by Gasteiger charge is -2.20. The average molecular weight is 333 g/mol. The minimum absolute atomic E-state index is 0.243. The second-order valence-electron chi connectivity index (χ2n) is 5.54. The third-order valence-electron chi connectivity index (χ3n) is 3.71. The second kappa shape index (κ2) is 8.29. The molecule has 2 N–H and O–H groups in total. The van der Waals surface area contributed by atoms with Crippen LogP contribution < -0.4 is 15.5 Å². The van der Waals surface area contributed by atoms with Crippen molar-refractivity contribution in [1.82, 2.24) is 10.6 Å². The van der Waals surface area contributed by atoms with Gasteiger partial charge in [-0.1, -0.05) is 24.3 Å². The van der Waals surface area contributed by atoms with E-state index in [9.17, 15) is 13.6 Å². The highest BCUT2D eigenvalue weighted by molar-refractivity contribution is 5.74. The summed E-state index contributed by atoms with van der Waals surface area (Å²) in [5.74, 6) is -1.32. The monoisotopic (exact) mass is 333 g/mol. The van der Waals surface area contributed by atoms with Gasteiger partial charge in [0.15, 0.2) is 0 Å². The number of carbonyl (C=O) groups excluding carboxylic acids is 1. The van der Waals surface area contributed by atoms with Gasteiger partial charge in [0.05, 0.1) is 6.04 Å². The van der Waals surface area contributed by atoms with Gasteiger partial charge in [-0.25, -0.2) is 13.6 Å². The van der Waals surface area contributed by atoms with Crippen molar-refractivity contribution in [2.24, 2.45) is 0 Å². The Bertz CT molecular complexity index is 679. The first-order valence-electron chi connectivity index (χ1n) is 7.73. The molecule has 0 fully saturated rings. The van der Waals surface area contributed by atoms with Crippen LogP contribution in [0.4, 0.5) is 19.3 Å². The lowest BCUT2D eigenvalue weighted by Crippen LogP contribution is -2.40. The Morgan fingerprint density at radius 3 is 2.54 bits per heavy atom. The van der Waals surface area contributed by atoms with Gasteiger partial charge in [0.2, 0.25) is 0 Å². The van der Waals surface area contributed by atoms with Gasteiger partial charge in [-0.15, -0.1) is 0 Å². The highest BCUT2D eigenvalue weighted by atomic mass is 19.1. The van der Waals surface area contributed by atoms with Crippen LogP contribution in [0.3, 0.4) is 0 Å². The molecule has 2 rings (SSSR count). The number of para-hydroxylation sites is 1. The summed E-state index contributed by atoms with van der Waals surface area (Å²) in [7, 11) is 1.94. The van der Waals surface area contributed by atoms with Gasteiger partial charge in [-0.3, -0.25) is 0 Å². The number of hydrogen-bond acceptors (Lipinski definition) is 2. The predicted octanol–water partition coefficient (Wildman–Crippen LogP) is 3.46. The highest BCUT2D eigenvalue weighted by Gasteiger charge is 2.14. The van der Waals surface area contributed by atoms with E-state index < -0.39 is 23.7 Å². The van der Waals surface area contributed by atoms with Gasteiger partial charge < -0.3 is 15.5 Å². The maximum absolute atomic E-state index is 13.7. The van der Waals surface area contributed by atoms with Gasteiger partial charge in [0.1, 0.15) is 11.6 Å². The molecule has 0 bridgehead atoms. The maximum Gasteiger partial charge on any atom is 0.315 e. The van der Waals surface area contributed by atoms with E-state index in [1.807, 2.05) is 42.3 Å². The molecule has 0 aliphatic heterocycles. The third-order valence-corrected chi connectivity index (χ3v) is 3.71. The van der Waals surface area contributed by atoms with Crippen LogP contribution in [0.15, 0.2) is 48.5 Å². The Morgan fingerprint density at radius 2 is 1.88 bits per heavy atom. The first kappa shape index (κ1) is 17.7. The van der Waals surface area contributed by atoms with Crippen molar-refractivity contribution < 1.29 is 13.6 Å². The number of rotatable bonds is 6. The number of hydrogen-bond donors (Lipinski definition) is 2. The van der Waals surface area contributed by atoms with E-state index in [0.717, 1.165) is 11.8 Å². The molecule has 24 heavy (non-hydrogen) atoms. The predicted molar refractivity (Wildman–Crippen MR) is 91.0 cm³/mol. The zero-order valence-electron chi connectivity index (χ0n) is 13.7. The Hall–Kier alpha value is -2.63. The summed E-state index contributed by atoms with van der Waals surface area (Å²) < 4.78 is 26.6. The van der Waals surface area contributed by atoms with Gasteiger partial charge in [0, 0.05) is 37.5 Å². The topological polar surface area (TPSA) is 44.4 Å². The summed E-state index contributed by atoms with van der Waals surface area (Å²) >= 11 is 0. The van der Waals surface area contributed by atoms with Crippen LogP contribution in [-0.4, -0.2) is 26.2 Å². The molecule has 2 aromatic rings. The fourth-order valence-electron chi connectivity index (χ4n) is 2.33. The van der Waals surface area contributed by atoms with Crippen molar-refractivity contribution in [3.8, 4) is 0 Å². The molecule has 2 amide bonds. The Balaban J connectivity index is 1.78. The minimum Gasteiger partial charge on any atom is -0.373 e. The van der Waals surface area contributed by atoms with Crippen LogP contribution in [0.2, 0.25) is 0 Å². The van der Waals surface area contributed by atoms with Crippen LogP contribution in [0.5, 0.6) is 0 Å². The quantitative estimate of drug-likeness (QED) is 0.850.